The van der Waals surface area contributed by atoms with Crippen LogP contribution in [0.4, 0.5) is 8.78 Å². The van der Waals surface area contributed by atoms with Crippen LogP contribution in [-0.2, 0) is 4.84 Å². The minimum atomic E-state index is -0.643. The van der Waals surface area contributed by atoms with Gasteiger partial charge in [-0.3, -0.25) is 15.3 Å². The van der Waals surface area contributed by atoms with Gasteiger partial charge in [0.25, 0.3) is 0 Å². The maximum absolute atomic E-state index is 13.7. The van der Waals surface area contributed by atoms with Crippen LogP contribution in [0.15, 0.2) is 17.1 Å². The van der Waals surface area contributed by atoms with E-state index in [1.165, 1.54) is 0 Å². The van der Waals surface area contributed by atoms with E-state index >= 15 is 0 Å². The molecule has 1 aromatic carbocycles. The van der Waals surface area contributed by atoms with Crippen molar-refractivity contribution in [1.82, 2.24) is 5.48 Å². The second kappa shape index (κ2) is 6.27. The maximum Gasteiger partial charge on any atom is 0.142 e. The summed E-state index contributed by atoms with van der Waals surface area (Å²) in [6.07, 6.45) is 0.420. The second-order valence-corrected chi connectivity index (χ2v) is 4.56. The fraction of sp³-hybridized carbons (Fsp3) is 0.417. The van der Waals surface area contributed by atoms with Gasteiger partial charge in [0, 0.05) is 18.9 Å². The standard InChI is InChI=1S/C12H13ClF2N2O2/c13-9-5-10(14)8(4-11(9)15)7-3-12(16-6-7)17-19-2-1-18/h4-5,7,18H,1-3,6H2,(H,16,17)/t7-/m0/s1. The number of amidine groups is 1. The largest absolute Gasteiger partial charge is 0.394 e. The van der Waals surface area contributed by atoms with Gasteiger partial charge in [-0.15, -0.1) is 0 Å². The van der Waals surface area contributed by atoms with Crippen LogP contribution in [0.5, 0.6) is 0 Å². The van der Waals surface area contributed by atoms with Gasteiger partial charge in [0.05, 0.1) is 18.2 Å². The average Bonchev–Trinajstić information content (AvgIpc) is 2.83. The van der Waals surface area contributed by atoms with E-state index in [0.717, 1.165) is 12.1 Å². The number of halogens is 3. The van der Waals surface area contributed by atoms with Crippen molar-refractivity contribution in [2.75, 3.05) is 19.8 Å². The van der Waals surface area contributed by atoms with E-state index in [-0.39, 0.29) is 29.7 Å². The molecule has 1 aromatic rings. The van der Waals surface area contributed by atoms with Crippen LogP contribution in [0.1, 0.15) is 17.9 Å². The molecule has 0 saturated heterocycles. The molecule has 2 rings (SSSR count). The van der Waals surface area contributed by atoms with Crippen molar-refractivity contribution >= 4 is 17.4 Å². The first-order valence-electron chi connectivity index (χ1n) is 5.78. The number of benzene rings is 1. The molecule has 19 heavy (non-hydrogen) atoms. The molecule has 0 aromatic heterocycles. The molecule has 1 atom stereocenters. The zero-order valence-electron chi connectivity index (χ0n) is 10.00. The molecule has 0 unspecified atom stereocenters. The summed E-state index contributed by atoms with van der Waals surface area (Å²) >= 11 is 5.51. The molecule has 0 aliphatic carbocycles. The number of aliphatic hydroxyl groups excluding tert-OH is 1. The molecule has 0 spiro atoms. The summed E-state index contributed by atoms with van der Waals surface area (Å²) in [5.41, 5.74) is 2.83. The highest BCUT2D eigenvalue weighted by Crippen LogP contribution is 2.30. The van der Waals surface area contributed by atoms with Crippen molar-refractivity contribution in [3.63, 3.8) is 0 Å². The molecule has 0 saturated carbocycles. The topological polar surface area (TPSA) is 53.9 Å². The van der Waals surface area contributed by atoms with Gasteiger partial charge >= 0.3 is 0 Å². The van der Waals surface area contributed by atoms with Crippen molar-refractivity contribution in [3.8, 4) is 0 Å². The minimum absolute atomic E-state index is 0.110. The molecule has 104 valence electrons. The molecule has 4 nitrogen and oxygen atoms in total. The van der Waals surface area contributed by atoms with Crippen molar-refractivity contribution in [3.05, 3.63) is 34.4 Å². The number of hydrogen-bond acceptors (Lipinski definition) is 4. The Hall–Kier alpha value is -1.24. The second-order valence-electron chi connectivity index (χ2n) is 4.15. The highest BCUT2D eigenvalue weighted by molar-refractivity contribution is 6.30. The Labute approximate surface area is 114 Å². The van der Waals surface area contributed by atoms with Gasteiger partial charge in [-0.2, -0.15) is 0 Å². The summed E-state index contributed by atoms with van der Waals surface area (Å²) in [6.45, 7) is 0.372. The van der Waals surface area contributed by atoms with Crippen LogP contribution in [0.25, 0.3) is 0 Å². The zero-order chi connectivity index (χ0) is 13.8. The number of hydroxylamine groups is 1. The van der Waals surface area contributed by atoms with Gasteiger partial charge in [0.15, 0.2) is 0 Å². The van der Waals surface area contributed by atoms with Crippen molar-refractivity contribution < 1.29 is 18.7 Å². The molecule has 1 aliphatic heterocycles. The number of aliphatic imine (C=N–C) groups is 1. The fourth-order valence-electron chi connectivity index (χ4n) is 1.90. The van der Waals surface area contributed by atoms with Crippen LogP contribution < -0.4 is 5.48 Å². The highest BCUT2D eigenvalue weighted by Gasteiger charge is 2.24. The predicted octanol–water partition coefficient (Wildman–Crippen LogP) is 2.02. The Balaban J connectivity index is 2.00. The van der Waals surface area contributed by atoms with E-state index < -0.39 is 11.6 Å². The number of nitrogens with zero attached hydrogens (tertiary/aromatic N) is 1. The quantitative estimate of drug-likeness (QED) is 0.507. The first-order chi connectivity index (χ1) is 9.11. The summed E-state index contributed by atoms with van der Waals surface area (Å²) < 4.78 is 27.1. The van der Waals surface area contributed by atoms with Crippen LogP contribution in [-0.4, -0.2) is 30.7 Å². The van der Waals surface area contributed by atoms with Gasteiger partial charge in [-0.1, -0.05) is 11.6 Å². The predicted molar refractivity (Wildman–Crippen MR) is 67.2 cm³/mol. The summed E-state index contributed by atoms with van der Waals surface area (Å²) in [5, 5.41) is 8.32. The van der Waals surface area contributed by atoms with Gasteiger partial charge in [-0.25, -0.2) is 8.78 Å². The lowest BCUT2D eigenvalue weighted by atomic mass is 9.97. The smallest absolute Gasteiger partial charge is 0.142 e. The average molecular weight is 291 g/mol. The Morgan fingerprint density at radius 3 is 2.95 bits per heavy atom. The fourth-order valence-corrected chi connectivity index (χ4v) is 2.05. The summed E-state index contributed by atoms with van der Waals surface area (Å²) in [5.74, 6) is -0.875. The van der Waals surface area contributed by atoms with E-state index in [2.05, 4.69) is 10.5 Å². The molecule has 7 heteroatoms. The van der Waals surface area contributed by atoms with Gasteiger partial charge in [-0.05, 0) is 17.7 Å². The summed E-state index contributed by atoms with van der Waals surface area (Å²) in [4.78, 5) is 9.04. The summed E-state index contributed by atoms with van der Waals surface area (Å²) in [7, 11) is 0. The molecular weight excluding hydrogens is 278 g/mol. The van der Waals surface area contributed by atoms with Crippen LogP contribution in [0, 0.1) is 11.6 Å². The van der Waals surface area contributed by atoms with Crippen LogP contribution >= 0.6 is 11.6 Å². The molecule has 2 N–H and O–H groups in total. The number of hydrogen-bond donors (Lipinski definition) is 2. The molecule has 0 fully saturated rings. The van der Waals surface area contributed by atoms with Gasteiger partial charge in [0.2, 0.25) is 0 Å². The first kappa shape index (κ1) is 14.2. The molecule has 0 radical (unpaired) electrons. The lowest BCUT2D eigenvalue weighted by molar-refractivity contribution is 0.0525. The van der Waals surface area contributed by atoms with E-state index in [1.54, 1.807) is 0 Å². The number of nitrogens with one attached hydrogen (secondary N) is 1. The summed E-state index contributed by atoms with van der Waals surface area (Å²) in [6, 6.07) is 2.08. The molecule has 0 amide bonds. The van der Waals surface area contributed by atoms with E-state index in [4.69, 9.17) is 21.5 Å². The third kappa shape index (κ3) is 3.40. The Bertz CT molecular complexity index is 497. The Morgan fingerprint density at radius 1 is 1.42 bits per heavy atom. The lowest BCUT2D eigenvalue weighted by Crippen LogP contribution is -2.24. The van der Waals surface area contributed by atoms with Crippen molar-refractivity contribution in [2.24, 2.45) is 4.99 Å². The van der Waals surface area contributed by atoms with E-state index in [9.17, 15) is 8.78 Å². The third-order valence-corrected chi connectivity index (χ3v) is 3.09. The molecule has 0 bridgehead atoms. The SMILES string of the molecule is OCCONC1=NC[C@@H](c2cc(F)c(Cl)cc2F)C1. The van der Waals surface area contributed by atoms with Crippen LogP contribution in [0.3, 0.4) is 0 Å². The zero-order valence-corrected chi connectivity index (χ0v) is 10.8. The molecule has 1 heterocycles. The highest BCUT2D eigenvalue weighted by atomic mass is 35.5. The number of rotatable bonds is 4. The van der Waals surface area contributed by atoms with E-state index in [1.807, 2.05) is 0 Å². The lowest BCUT2D eigenvalue weighted by Gasteiger charge is -2.11. The van der Waals surface area contributed by atoms with Crippen molar-refractivity contribution in [2.45, 2.75) is 12.3 Å². The maximum atomic E-state index is 13.7. The van der Waals surface area contributed by atoms with Gasteiger partial charge < -0.3 is 5.11 Å². The minimum Gasteiger partial charge on any atom is -0.394 e. The number of aliphatic hydroxyl groups is 1. The third-order valence-electron chi connectivity index (χ3n) is 2.81. The monoisotopic (exact) mass is 290 g/mol. The van der Waals surface area contributed by atoms with Crippen molar-refractivity contribution in [1.29, 1.82) is 0 Å². The van der Waals surface area contributed by atoms with E-state index in [0.29, 0.717) is 18.8 Å². The Morgan fingerprint density at radius 2 is 2.21 bits per heavy atom. The molecular formula is C12H13ClF2N2O2. The normalized spacial score (nSPS) is 18.5. The Kier molecular flexibility index (Phi) is 4.68. The molecule has 1 aliphatic rings. The van der Waals surface area contributed by atoms with Crippen LogP contribution in [0.2, 0.25) is 5.02 Å². The van der Waals surface area contributed by atoms with Gasteiger partial charge in [0.1, 0.15) is 17.5 Å². The first-order valence-corrected chi connectivity index (χ1v) is 6.16.